The number of benzene rings is 2. The lowest BCUT2D eigenvalue weighted by atomic mass is 9.69. The monoisotopic (exact) mass is 444 g/mol. The van der Waals surface area contributed by atoms with Gasteiger partial charge in [-0.3, -0.25) is 0 Å². The smallest absolute Gasteiger partial charge is 0.0157 e. The summed E-state index contributed by atoms with van der Waals surface area (Å²) in [7, 11) is 0. The van der Waals surface area contributed by atoms with Crippen molar-refractivity contribution < 1.29 is 0 Å². The third-order valence-electron chi connectivity index (χ3n) is 9.31. The number of rotatable bonds is 10. The zero-order chi connectivity index (χ0) is 22.9. The molecule has 2 aliphatic rings. The Labute approximate surface area is 204 Å². The van der Waals surface area contributed by atoms with Crippen LogP contribution < -0.4 is 0 Å². The highest BCUT2D eigenvalue weighted by molar-refractivity contribution is 5.21. The van der Waals surface area contributed by atoms with Crippen LogP contribution in [0.2, 0.25) is 0 Å². The minimum atomic E-state index is 0.658. The van der Waals surface area contributed by atoms with Crippen LogP contribution in [-0.4, -0.2) is 0 Å². The minimum Gasteiger partial charge on any atom is -0.0622 e. The van der Waals surface area contributed by atoms with E-state index in [4.69, 9.17) is 0 Å². The summed E-state index contributed by atoms with van der Waals surface area (Å²) >= 11 is 0. The van der Waals surface area contributed by atoms with E-state index in [0.29, 0.717) is 5.92 Å². The van der Waals surface area contributed by atoms with E-state index in [1.54, 1.807) is 5.56 Å². The molecule has 180 valence electrons. The van der Waals surface area contributed by atoms with E-state index in [9.17, 15) is 0 Å². The van der Waals surface area contributed by atoms with Crippen molar-refractivity contribution in [2.45, 2.75) is 109 Å². The van der Waals surface area contributed by atoms with Gasteiger partial charge in [0.2, 0.25) is 0 Å². The Hall–Kier alpha value is -1.56. The van der Waals surface area contributed by atoms with Gasteiger partial charge in [-0.15, -0.1) is 0 Å². The molecule has 0 radical (unpaired) electrons. The van der Waals surface area contributed by atoms with E-state index < -0.39 is 0 Å². The lowest BCUT2D eigenvalue weighted by Crippen LogP contribution is -2.24. The first-order chi connectivity index (χ1) is 16.2. The predicted molar refractivity (Wildman–Crippen MR) is 144 cm³/mol. The van der Waals surface area contributed by atoms with Gasteiger partial charge in [-0.25, -0.2) is 0 Å². The third-order valence-corrected chi connectivity index (χ3v) is 9.31. The summed E-state index contributed by atoms with van der Waals surface area (Å²) in [5.41, 5.74) is 3.14. The van der Waals surface area contributed by atoms with Gasteiger partial charge in [0.15, 0.2) is 0 Å². The molecule has 2 aliphatic carbocycles. The highest BCUT2D eigenvalue weighted by Gasteiger charge is 2.31. The summed E-state index contributed by atoms with van der Waals surface area (Å²) < 4.78 is 0. The molecule has 0 aromatic heterocycles. The lowest BCUT2D eigenvalue weighted by Gasteiger charge is -2.37. The molecule has 0 nitrogen and oxygen atoms in total. The summed E-state index contributed by atoms with van der Waals surface area (Å²) in [6, 6.07) is 22.9. The fourth-order valence-electron chi connectivity index (χ4n) is 7.26. The highest BCUT2D eigenvalue weighted by atomic mass is 14.4. The Balaban J connectivity index is 1.52. The van der Waals surface area contributed by atoms with Gasteiger partial charge < -0.3 is 0 Å². The lowest BCUT2D eigenvalue weighted by molar-refractivity contribution is 0.185. The van der Waals surface area contributed by atoms with Crippen molar-refractivity contribution >= 4 is 0 Å². The van der Waals surface area contributed by atoms with Crippen LogP contribution in [0.4, 0.5) is 0 Å². The molecule has 33 heavy (non-hydrogen) atoms. The van der Waals surface area contributed by atoms with Crippen molar-refractivity contribution in [1.29, 1.82) is 0 Å². The molecule has 0 aliphatic heterocycles. The highest BCUT2D eigenvalue weighted by Crippen LogP contribution is 2.44. The zero-order valence-corrected chi connectivity index (χ0v) is 21.4. The quantitative estimate of drug-likeness (QED) is 0.342. The molecule has 0 heterocycles. The molecule has 0 spiro atoms. The largest absolute Gasteiger partial charge is 0.0622 e. The van der Waals surface area contributed by atoms with Crippen LogP contribution >= 0.6 is 0 Å². The van der Waals surface area contributed by atoms with Gasteiger partial charge in [0.05, 0.1) is 0 Å². The molecule has 2 aromatic rings. The summed E-state index contributed by atoms with van der Waals surface area (Å²) in [6.45, 7) is 5.06. The van der Waals surface area contributed by atoms with E-state index in [1.165, 1.54) is 89.0 Å². The SMILES string of the molecule is CC(CC(CC(CC(C)C1CCCCC1)c1ccccc1)C1CCCCC1)c1ccccc1. The molecule has 0 saturated heterocycles. The van der Waals surface area contributed by atoms with Crippen LogP contribution in [0.25, 0.3) is 0 Å². The van der Waals surface area contributed by atoms with Gasteiger partial charge in [-0.2, -0.15) is 0 Å². The second-order valence-electron chi connectivity index (χ2n) is 11.7. The Morgan fingerprint density at radius 1 is 0.576 bits per heavy atom. The van der Waals surface area contributed by atoms with Crippen LogP contribution in [0.15, 0.2) is 60.7 Å². The Kier molecular flexibility index (Phi) is 9.51. The van der Waals surface area contributed by atoms with Gasteiger partial charge in [0.25, 0.3) is 0 Å². The van der Waals surface area contributed by atoms with Crippen LogP contribution in [0.5, 0.6) is 0 Å². The Morgan fingerprint density at radius 3 is 1.67 bits per heavy atom. The summed E-state index contributed by atoms with van der Waals surface area (Å²) in [4.78, 5) is 0. The van der Waals surface area contributed by atoms with Crippen LogP contribution in [0.1, 0.15) is 120 Å². The topological polar surface area (TPSA) is 0 Å². The molecule has 0 amide bonds. The first-order valence-corrected chi connectivity index (χ1v) is 14.3. The number of hydrogen-bond acceptors (Lipinski definition) is 0. The Morgan fingerprint density at radius 2 is 1.09 bits per heavy atom. The predicted octanol–water partition coefficient (Wildman–Crippen LogP) is 10.2. The van der Waals surface area contributed by atoms with E-state index >= 15 is 0 Å². The maximum Gasteiger partial charge on any atom is -0.0157 e. The van der Waals surface area contributed by atoms with Crippen molar-refractivity contribution in [3.63, 3.8) is 0 Å². The molecule has 0 bridgehead atoms. The summed E-state index contributed by atoms with van der Waals surface area (Å²) in [5, 5.41) is 0. The van der Waals surface area contributed by atoms with Crippen LogP contribution in [-0.2, 0) is 0 Å². The average molecular weight is 445 g/mol. The van der Waals surface area contributed by atoms with Gasteiger partial charge in [0, 0.05) is 0 Å². The molecule has 2 aromatic carbocycles. The van der Waals surface area contributed by atoms with Crippen molar-refractivity contribution in [3.05, 3.63) is 71.8 Å². The molecule has 4 atom stereocenters. The van der Waals surface area contributed by atoms with E-state index in [1.807, 2.05) is 0 Å². The second kappa shape index (κ2) is 12.8. The third kappa shape index (κ3) is 7.21. The fourth-order valence-corrected chi connectivity index (χ4v) is 7.26. The molecular formula is C33H48. The van der Waals surface area contributed by atoms with Crippen LogP contribution in [0, 0.1) is 23.7 Å². The molecule has 0 heteroatoms. The number of hydrogen-bond donors (Lipinski definition) is 0. The van der Waals surface area contributed by atoms with Crippen LogP contribution in [0.3, 0.4) is 0 Å². The summed E-state index contributed by atoms with van der Waals surface area (Å²) in [6.07, 6.45) is 18.8. The maximum absolute atomic E-state index is 2.58. The van der Waals surface area contributed by atoms with E-state index in [2.05, 4.69) is 74.5 Å². The maximum atomic E-state index is 2.58. The van der Waals surface area contributed by atoms with Gasteiger partial charge in [0.1, 0.15) is 0 Å². The summed E-state index contributed by atoms with van der Waals surface area (Å²) in [5.74, 6) is 4.98. The van der Waals surface area contributed by atoms with Crippen molar-refractivity contribution in [1.82, 2.24) is 0 Å². The van der Waals surface area contributed by atoms with Crippen molar-refractivity contribution in [3.8, 4) is 0 Å². The molecule has 4 unspecified atom stereocenters. The van der Waals surface area contributed by atoms with Crippen molar-refractivity contribution in [2.24, 2.45) is 23.7 Å². The van der Waals surface area contributed by atoms with Gasteiger partial charge in [-0.05, 0) is 65.9 Å². The van der Waals surface area contributed by atoms with E-state index in [-0.39, 0.29) is 0 Å². The zero-order valence-electron chi connectivity index (χ0n) is 21.4. The molecule has 4 rings (SSSR count). The first kappa shape index (κ1) is 24.6. The first-order valence-electron chi connectivity index (χ1n) is 14.3. The average Bonchev–Trinajstić information content (AvgIpc) is 2.89. The standard InChI is InChI=1S/C33H48/c1-26(28-15-7-3-8-16-28)23-32(30-19-11-5-12-20-30)25-33(31-21-13-6-14-22-31)24-27(2)29-17-9-4-10-18-29/h3,6-8,13-16,21-22,26-27,29-30,32-33H,4-5,9-12,17-20,23-25H2,1-2H3. The van der Waals surface area contributed by atoms with Gasteiger partial charge in [-0.1, -0.05) is 139 Å². The molecule has 2 fully saturated rings. The molecular weight excluding hydrogens is 396 g/mol. The minimum absolute atomic E-state index is 0.658. The van der Waals surface area contributed by atoms with E-state index in [0.717, 1.165) is 29.6 Å². The fraction of sp³-hybridized carbons (Fsp3) is 0.636. The molecule has 0 N–H and O–H groups in total. The normalized spacial score (nSPS) is 21.9. The van der Waals surface area contributed by atoms with Gasteiger partial charge >= 0.3 is 0 Å². The molecule has 2 saturated carbocycles. The Bertz CT molecular complexity index is 766. The van der Waals surface area contributed by atoms with Crippen molar-refractivity contribution in [2.75, 3.05) is 0 Å². The second-order valence-corrected chi connectivity index (χ2v) is 11.7.